The van der Waals surface area contributed by atoms with Crippen LogP contribution in [0, 0.1) is 0 Å². The summed E-state index contributed by atoms with van der Waals surface area (Å²) in [5, 5.41) is 15.0. The highest BCUT2D eigenvalue weighted by Crippen LogP contribution is 2.28. The first-order valence-electron chi connectivity index (χ1n) is 6.84. The second-order valence-electron chi connectivity index (χ2n) is 4.44. The van der Waals surface area contributed by atoms with Crippen LogP contribution in [0.1, 0.15) is 37.0 Å². The molecule has 0 fully saturated rings. The molecule has 114 valence electrons. The number of aliphatic hydroxyl groups excluding tert-OH is 1. The van der Waals surface area contributed by atoms with Crippen LogP contribution in [0.4, 0.5) is 0 Å². The van der Waals surface area contributed by atoms with Gasteiger partial charge in [0, 0.05) is 6.54 Å². The van der Waals surface area contributed by atoms with E-state index in [9.17, 15) is 5.11 Å². The lowest BCUT2D eigenvalue weighted by molar-refractivity contribution is 0.195. The molecule has 1 N–H and O–H groups in total. The third-order valence-corrected chi connectivity index (χ3v) is 3.21. The zero-order chi connectivity index (χ0) is 15.4. The summed E-state index contributed by atoms with van der Waals surface area (Å²) in [6, 6.07) is 1.87. The summed E-state index contributed by atoms with van der Waals surface area (Å²) in [6.45, 7) is 4.66. The molecule has 0 saturated heterocycles. The van der Waals surface area contributed by atoms with E-state index in [4.69, 9.17) is 9.47 Å². The zero-order valence-corrected chi connectivity index (χ0v) is 12.7. The molecule has 0 aliphatic carbocycles. The van der Waals surface area contributed by atoms with Crippen molar-refractivity contribution in [1.29, 1.82) is 0 Å². The molecule has 0 amide bonds. The molecule has 0 spiro atoms. The Morgan fingerprint density at radius 1 is 1.29 bits per heavy atom. The Morgan fingerprint density at radius 3 is 2.62 bits per heavy atom. The molecule has 0 aromatic carbocycles. The molecule has 2 aromatic heterocycles. The smallest absolute Gasteiger partial charge is 0.241 e. The third kappa shape index (κ3) is 2.97. The van der Waals surface area contributed by atoms with E-state index >= 15 is 0 Å². The summed E-state index contributed by atoms with van der Waals surface area (Å²) < 4.78 is 12.0. The Balaban J connectivity index is 2.43. The van der Waals surface area contributed by atoms with Crippen LogP contribution in [-0.4, -0.2) is 39.1 Å². The van der Waals surface area contributed by atoms with Crippen molar-refractivity contribution in [2.24, 2.45) is 0 Å². The van der Waals surface area contributed by atoms with Crippen molar-refractivity contribution < 1.29 is 14.6 Å². The van der Waals surface area contributed by atoms with Gasteiger partial charge in [-0.25, -0.2) is 4.98 Å². The zero-order valence-electron chi connectivity index (χ0n) is 12.7. The summed E-state index contributed by atoms with van der Waals surface area (Å²) in [7, 11) is 2.98. The molecule has 0 saturated carbocycles. The molecule has 0 radical (unpaired) electrons. The van der Waals surface area contributed by atoms with Gasteiger partial charge in [-0.3, -0.25) is 4.68 Å². The maximum absolute atomic E-state index is 10.6. The highest BCUT2D eigenvalue weighted by atomic mass is 16.5. The highest BCUT2D eigenvalue weighted by molar-refractivity contribution is 5.30. The van der Waals surface area contributed by atoms with Crippen molar-refractivity contribution >= 4 is 0 Å². The molecular weight excluding hydrogens is 272 g/mol. The number of hydrogen-bond donors (Lipinski definition) is 1. The van der Waals surface area contributed by atoms with Gasteiger partial charge >= 0.3 is 0 Å². The van der Waals surface area contributed by atoms with E-state index in [-0.39, 0.29) is 5.88 Å². The monoisotopic (exact) mass is 292 g/mol. The van der Waals surface area contributed by atoms with Crippen molar-refractivity contribution in [3.8, 4) is 11.8 Å². The van der Waals surface area contributed by atoms with Crippen molar-refractivity contribution in [2.45, 2.75) is 32.9 Å². The summed E-state index contributed by atoms with van der Waals surface area (Å²) in [5.41, 5.74) is 1.94. The van der Waals surface area contributed by atoms with E-state index in [0.29, 0.717) is 23.8 Å². The second kappa shape index (κ2) is 6.53. The van der Waals surface area contributed by atoms with Crippen LogP contribution in [0.3, 0.4) is 0 Å². The van der Waals surface area contributed by atoms with Crippen molar-refractivity contribution in [1.82, 2.24) is 19.7 Å². The molecule has 2 heterocycles. The molecular formula is C14H20N4O3. The van der Waals surface area contributed by atoms with Crippen LogP contribution < -0.4 is 9.47 Å². The van der Waals surface area contributed by atoms with E-state index < -0.39 is 6.10 Å². The van der Waals surface area contributed by atoms with Gasteiger partial charge in [0.25, 0.3) is 0 Å². The minimum Gasteiger partial charge on any atom is -0.480 e. The van der Waals surface area contributed by atoms with Gasteiger partial charge in [-0.15, -0.1) is 0 Å². The first kappa shape index (κ1) is 15.2. The molecule has 21 heavy (non-hydrogen) atoms. The fourth-order valence-electron chi connectivity index (χ4n) is 2.08. The average Bonchev–Trinajstić information content (AvgIpc) is 2.96. The van der Waals surface area contributed by atoms with Crippen LogP contribution in [0.2, 0.25) is 0 Å². The Labute approximate surface area is 123 Å². The SMILES string of the molecule is CCc1cc(C(O)c2ncc(OC)nc2OC)n(CC)n1. The lowest BCUT2D eigenvalue weighted by atomic mass is 10.1. The molecule has 2 rings (SSSR count). The molecule has 0 bridgehead atoms. The standard InChI is InChI=1S/C14H20N4O3/c1-5-9-7-10(18(6-2)17-9)13(19)12-14(21-4)16-11(20-3)8-15-12/h7-8,13,19H,5-6H2,1-4H3. The third-order valence-electron chi connectivity index (χ3n) is 3.21. The summed E-state index contributed by atoms with van der Waals surface area (Å²) in [6.07, 6.45) is 1.30. The molecule has 1 atom stereocenters. The van der Waals surface area contributed by atoms with Crippen molar-refractivity contribution in [3.63, 3.8) is 0 Å². The number of ether oxygens (including phenoxy) is 2. The highest BCUT2D eigenvalue weighted by Gasteiger charge is 2.23. The predicted molar refractivity (Wildman–Crippen MR) is 76.5 cm³/mol. The lowest BCUT2D eigenvalue weighted by Gasteiger charge is -2.14. The number of rotatable bonds is 6. The Bertz CT molecular complexity index is 612. The lowest BCUT2D eigenvalue weighted by Crippen LogP contribution is -2.12. The fourth-order valence-corrected chi connectivity index (χ4v) is 2.08. The second-order valence-corrected chi connectivity index (χ2v) is 4.44. The first-order chi connectivity index (χ1) is 10.1. The first-order valence-corrected chi connectivity index (χ1v) is 6.84. The van der Waals surface area contributed by atoms with E-state index in [2.05, 4.69) is 15.1 Å². The Hall–Kier alpha value is -2.15. The molecule has 0 aliphatic rings. The fraction of sp³-hybridized carbons (Fsp3) is 0.500. The molecule has 7 nitrogen and oxygen atoms in total. The van der Waals surface area contributed by atoms with Gasteiger partial charge in [-0.2, -0.15) is 10.1 Å². The van der Waals surface area contributed by atoms with Gasteiger partial charge in [-0.1, -0.05) is 6.92 Å². The van der Waals surface area contributed by atoms with Crippen LogP contribution in [0.15, 0.2) is 12.3 Å². The number of nitrogens with zero attached hydrogens (tertiary/aromatic N) is 4. The number of aryl methyl sites for hydroxylation is 2. The minimum absolute atomic E-state index is 0.240. The van der Waals surface area contributed by atoms with Crippen molar-refractivity contribution in [2.75, 3.05) is 14.2 Å². The van der Waals surface area contributed by atoms with Crippen LogP contribution >= 0.6 is 0 Å². The van der Waals surface area contributed by atoms with E-state index in [0.717, 1.165) is 12.1 Å². The minimum atomic E-state index is -0.953. The van der Waals surface area contributed by atoms with Crippen molar-refractivity contribution in [3.05, 3.63) is 29.3 Å². The number of aromatic nitrogens is 4. The molecule has 7 heteroatoms. The normalized spacial score (nSPS) is 12.2. The maximum atomic E-state index is 10.6. The molecule has 2 aromatic rings. The van der Waals surface area contributed by atoms with Gasteiger partial charge < -0.3 is 14.6 Å². The van der Waals surface area contributed by atoms with Gasteiger partial charge in [0.05, 0.1) is 31.8 Å². The number of methoxy groups -OCH3 is 2. The van der Waals surface area contributed by atoms with Gasteiger partial charge in [-0.05, 0) is 19.4 Å². The van der Waals surface area contributed by atoms with E-state index in [1.54, 1.807) is 4.68 Å². The Morgan fingerprint density at radius 2 is 2.05 bits per heavy atom. The van der Waals surface area contributed by atoms with Gasteiger partial charge in [0.2, 0.25) is 11.8 Å². The number of hydrogen-bond acceptors (Lipinski definition) is 6. The topological polar surface area (TPSA) is 82.3 Å². The van der Waals surface area contributed by atoms with Gasteiger partial charge in [0.15, 0.2) is 0 Å². The molecule has 0 aliphatic heterocycles. The average molecular weight is 292 g/mol. The predicted octanol–water partition coefficient (Wildman–Crippen LogP) is 1.35. The quantitative estimate of drug-likeness (QED) is 0.865. The largest absolute Gasteiger partial charge is 0.480 e. The van der Waals surface area contributed by atoms with E-state index in [1.165, 1.54) is 20.4 Å². The Kier molecular flexibility index (Phi) is 4.74. The van der Waals surface area contributed by atoms with Crippen LogP contribution in [0.25, 0.3) is 0 Å². The molecule has 1 unspecified atom stereocenters. The van der Waals surface area contributed by atoms with Gasteiger partial charge in [0.1, 0.15) is 11.8 Å². The number of aliphatic hydroxyl groups is 1. The summed E-state index contributed by atoms with van der Waals surface area (Å²) in [4.78, 5) is 8.35. The van der Waals surface area contributed by atoms with Crippen LogP contribution in [-0.2, 0) is 13.0 Å². The van der Waals surface area contributed by atoms with E-state index in [1.807, 2.05) is 19.9 Å². The van der Waals surface area contributed by atoms with Crippen LogP contribution in [0.5, 0.6) is 11.8 Å². The summed E-state index contributed by atoms with van der Waals surface area (Å²) in [5.74, 6) is 0.574. The maximum Gasteiger partial charge on any atom is 0.241 e. The summed E-state index contributed by atoms with van der Waals surface area (Å²) >= 11 is 0.